The first-order valence-corrected chi connectivity index (χ1v) is 6.44. The summed E-state index contributed by atoms with van der Waals surface area (Å²) in [6, 6.07) is 7.93. The molecule has 0 aromatic carbocycles. The van der Waals surface area contributed by atoms with Crippen LogP contribution < -0.4 is 0 Å². The van der Waals surface area contributed by atoms with Crippen LogP contribution >= 0.6 is 0 Å². The Morgan fingerprint density at radius 3 is 2.24 bits per heavy atom. The number of aromatic amines is 1. The molecule has 2 heteroatoms. The molecule has 0 aliphatic heterocycles. The molecule has 0 radical (unpaired) electrons. The van der Waals surface area contributed by atoms with Crippen molar-refractivity contribution >= 4 is 0 Å². The monoisotopic (exact) mass is 228 g/mol. The molecule has 1 N–H and O–H groups in total. The van der Waals surface area contributed by atoms with Crippen molar-refractivity contribution in [1.29, 1.82) is 0 Å². The summed E-state index contributed by atoms with van der Waals surface area (Å²) in [5.41, 5.74) is 1.52. The number of rotatable bonds is 1. The van der Waals surface area contributed by atoms with E-state index in [-0.39, 0.29) is 0 Å². The average Bonchev–Trinajstić information content (AvgIpc) is 2.96. The van der Waals surface area contributed by atoms with Crippen LogP contribution in [0.2, 0.25) is 0 Å². The van der Waals surface area contributed by atoms with E-state index in [1.54, 1.807) is 12.4 Å². The lowest BCUT2D eigenvalue weighted by atomic mass is 9.85. The highest BCUT2D eigenvalue weighted by Crippen LogP contribution is 2.31. The van der Waals surface area contributed by atoms with Gasteiger partial charge in [-0.25, -0.2) is 0 Å². The number of hydrogen-bond acceptors (Lipinski definition) is 1. The Balaban J connectivity index is 0.000000153. The van der Waals surface area contributed by atoms with Crippen LogP contribution in [0, 0.1) is 0 Å². The van der Waals surface area contributed by atoms with Crippen LogP contribution in [0.3, 0.4) is 0 Å². The third-order valence-electron chi connectivity index (χ3n) is 3.27. The second-order valence-electron chi connectivity index (χ2n) is 4.50. The molecule has 0 atom stereocenters. The maximum atomic E-state index is 3.78. The number of aromatic nitrogens is 2. The fourth-order valence-electron chi connectivity index (χ4n) is 2.34. The molecule has 1 aliphatic rings. The lowest BCUT2D eigenvalue weighted by molar-refractivity contribution is 0.444. The Morgan fingerprint density at radius 1 is 1.00 bits per heavy atom. The quantitative estimate of drug-likeness (QED) is 0.780. The van der Waals surface area contributed by atoms with Gasteiger partial charge in [0.2, 0.25) is 0 Å². The Labute approximate surface area is 103 Å². The lowest BCUT2D eigenvalue weighted by Gasteiger charge is -2.20. The summed E-state index contributed by atoms with van der Waals surface area (Å²) in [7, 11) is 0. The molecule has 2 aromatic heterocycles. The Kier molecular flexibility index (Phi) is 4.83. The van der Waals surface area contributed by atoms with Crippen LogP contribution in [0.15, 0.2) is 49.1 Å². The second-order valence-corrected chi connectivity index (χ2v) is 4.50. The Hall–Kier alpha value is -1.57. The summed E-state index contributed by atoms with van der Waals surface area (Å²) in [4.78, 5) is 6.91. The van der Waals surface area contributed by atoms with Gasteiger partial charge >= 0.3 is 0 Å². The van der Waals surface area contributed by atoms with E-state index in [1.807, 2.05) is 24.4 Å². The van der Waals surface area contributed by atoms with Gasteiger partial charge in [0.1, 0.15) is 0 Å². The zero-order chi connectivity index (χ0) is 11.8. The normalized spacial score (nSPS) is 16.0. The van der Waals surface area contributed by atoms with Crippen LogP contribution in [0.1, 0.15) is 43.6 Å². The topological polar surface area (TPSA) is 28.7 Å². The summed E-state index contributed by atoms with van der Waals surface area (Å²) < 4.78 is 0. The molecule has 90 valence electrons. The molecule has 17 heavy (non-hydrogen) atoms. The van der Waals surface area contributed by atoms with Gasteiger partial charge in [-0.1, -0.05) is 25.3 Å². The fraction of sp³-hybridized carbons (Fsp3) is 0.400. The van der Waals surface area contributed by atoms with E-state index in [2.05, 4.69) is 22.2 Å². The smallest absolute Gasteiger partial charge is 0.0267 e. The Morgan fingerprint density at radius 2 is 1.76 bits per heavy atom. The molecule has 0 saturated heterocycles. The van der Waals surface area contributed by atoms with Gasteiger partial charge in [-0.3, -0.25) is 4.98 Å². The summed E-state index contributed by atoms with van der Waals surface area (Å²) in [6.45, 7) is 0. The number of H-pyrrole nitrogens is 1. The molecular weight excluding hydrogens is 208 g/mol. The van der Waals surface area contributed by atoms with Crippen molar-refractivity contribution in [3.8, 4) is 0 Å². The summed E-state index contributed by atoms with van der Waals surface area (Å²) in [5.74, 6) is 0.856. The minimum Gasteiger partial charge on any atom is -0.367 e. The largest absolute Gasteiger partial charge is 0.367 e. The maximum Gasteiger partial charge on any atom is 0.0267 e. The van der Waals surface area contributed by atoms with Gasteiger partial charge < -0.3 is 4.98 Å². The van der Waals surface area contributed by atoms with Gasteiger partial charge in [0.05, 0.1) is 0 Å². The van der Waals surface area contributed by atoms with Gasteiger partial charge in [0, 0.05) is 24.8 Å². The average molecular weight is 228 g/mol. The first kappa shape index (κ1) is 11.9. The first-order valence-electron chi connectivity index (χ1n) is 6.44. The van der Waals surface area contributed by atoms with E-state index in [0.717, 1.165) is 5.92 Å². The highest BCUT2D eigenvalue weighted by molar-refractivity contribution is 5.14. The molecule has 0 unspecified atom stereocenters. The molecule has 0 amide bonds. The van der Waals surface area contributed by atoms with E-state index in [0.29, 0.717) is 0 Å². The summed E-state index contributed by atoms with van der Waals surface area (Å²) >= 11 is 0. The highest BCUT2D eigenvalue weighted by atomic mass is 14.6. The van der Waals surface area contributed by atoms with Crippen molar-refractivity contribution in [3.63, 3.8) is 0 Å². The third kappa shape index (κ3) is 4.06. The van der Waals surface area contributed by atoms with Crippen molar-refractivity contribution < 1.29 is 0 Å². The second kappa shape index (κ2) is 6.89. The van der Waals surface area contributed by atoms with Crippen LogP contribution in [-0.2, 0) is 0 Å². The molecule has 2 nitrogen and oxygen atoms in total. The van der Waals surface area contributed by atoms with Crippen LogP contribution in [0.5, 0.6) is 0 Å². The molecule has 2 heterocycles. The van der Waals surface area contributed by atoms with Crippen molar-refractivity contribution in [3.05, 3.63) is 54.6 Å². The van der Waals surface area contributed by atoms with Crippen molar-refractivity contribution in [1.82, 2.24) is 9.97 Å². The zero-order valence-electron chi connectivity index (χ0n) is 10.2. The van der Waals surface area contributed by atoms with Crippen LogP contribution in [-0.4, -0.2) is 9.97 Å². The van der Waals surface area contributed by atoms with Gasteiger partial charge in [-0.2, -0.15) is 0 Å². The van der Waals surface area contributed by atoms with Crippen molar-refractivity contribution in [2.24, 2.45) is 0 Å². The highest BCUT2D eigenvalue weighted by Gasteiger charge is 2.14. The predicted molar refractivity (Wildman–Crippen MR) is 70.9 cm³/mol. The van der Waals surface area contributed by atoms with Crippen LogP contribution in [0.25, 0.3) is 0 Å². The summed E-state index contributed by atoms with van der Waals surface area (Å²) in [6.07, 6.45) is 14.8. The Bertz CT molecular complexity index is 348. The minimum atomic E-state index is 0.856. The van der Waals surface area contributed by atoms with Gasteiger partial charge in [-0.05, 0) is 42.5 Å². The van der Waals surface area contributed by atoms with Crippen molar-refractivity contribution in [2.75, 3.05) is 0 Å². The fourth-order valence-corrected chi connectivity index (χ4v) is 2.34. The summed E-state index contributed by atoms with van der Waals surface area (Å²) in [5, 5.41) is 0. The van der Waals surface area contributed by atoms with Gasteiger partial charge in [0.15, 0.2) is 0 Å². The zero-order valence-corrected chi connectivity index (χ0v) is 10.2. The molecule has 2 aromatic rings. The van der Waals surface area contributed by atoms with E-state index in [9.17, 15) is 0 Å². The van der Waals surface area contributed by atoms with E-state index < -0.39 is 0 Å². The van der Waals surface area contributed by atoms with E-state index >= 15 is 0 Å². The maximum absolute atomic E-state index is 3.78. The molecule has 1 aliphatic carbocycles. The lowest BCUT2D eigenvalue weighted by Crippen LogP contribution is -2.02. The first-order chi connectivity index (χ1) is 8.47. The van der Waals surface area contributed by atoms with Gasteiger partial charge in [0.25, 0.3) is 0 Å². The van der Waals surface area contributed by atoms with Crippen LogP contribution in [0.4, 0.5) is 0 Å². The van der Waals surface area contributed by atoms with E-state index in [1.165, 1.54) is 37.7 Å². The third-order valence-corrected chi connectivity index (χ3v) is 3.27. The number of hydrogen-bond donors (Lipinski definition) is 1. The SMILES string of the molecule is c1cc(C2CCCCC2)c[nH]1.c1ccncc1. The molecule has 0 spiro atoms. The van der Waals surface area contributed by atoms with E-state index in [4.69, 9.17) is 0 Å². The minimum absolute atomic E-state index is 0.856. The molecule has 0 bridgehead atoms. The molecule has 1 fully saturated rings. The van der Waals surface area contributed by atoms with Gasteiger partial charge in [-0.15, -0.1) is 0 Å². The molecular formula is C15H20N2. The predicted octanol–water partition coefficient (Wildman–Crippen LogP) is 4.14. The van der Waals surface area contributed by atoms with Crippen molar-refractivity contribution in [2.45, 2.75) is 38.0 Å². The molecule has 3 rings (SSSR count). The number of nitrogens with zero attached hydrogens (tertiary/aromatic N) is 1. The number of pyridine rings is 1. The molecule has 1 saturated carbocycles. The number of nitrogens with one attached hydrogen (secondary N) is 1. The standard InChI is InChI=1S/C10H15N.C5H5N/c1-2-4-9(5-3-1)10-6-7-11-8-10;1-2-4-6-5-3-1/h6-9,11H,1-5H2;1-5H.